The van der Waals surface area contributed by atoms with Crippen LogP contribution in [0, 0.1) is 42.3 Å². The quantitative estimate of drug-likeness (QED) is 0.0851. The molecule has 440 valence electrons. The van der Waals surface area contributed by atoms with Crippen LogP contribution in [0.25, 0.3) is 10.9 Å². The van der Waals surface area contributed by atoms with Gasteiger partial charge < -0.3 is 63.7 Å². The lowest BCUT2D eigenvalue weighted by molar-refractivity contribution is -0.160. The molecule has 0 radical (unpaired) electrons. The Morgan fingerprint density at radius 2 is 1.70 bits per heavy atom. The van der Waals surface area contributed by atoms with Crippen LogP contribution in [0.4, 0.5) is 10.1 Å². The summed E-state index contributed by atoms with van der Waals surface area (Å²) >= 11 is 0. The number of piperidine rings is 1. The van der Waals surface area contributed by atoms with Crippen molar-refractivity contribution in [3.8, 4) is 17.2 Å². The fraction of sp³-hybridized carbons (Fsp3) is 0.517. The summed E-state index contributed by atoms with van der Waals surface area (Å²) in [6.07, 6.45) is 8.91. The number of aromatic nitrogens is 1. The first-order chi connectivity index (χ1) is 38.9. The van der Waals surface area contributed by atoms with Gasteiger partial charge in [-0.15, -0.1) is 0 Å². The van der Waals surface area contributed by atoms with E-state index in [9.17, 15) is 49.2 Å². The maximum absolute atomic E-state index is 16.5. The summed E-state index contributed by atoms with van der Waals surface area (Å²) in [7, 11) is 2.85. The van der Waals surface area contributed by atoms with Gasteiger partial charge in [-0.05, 0) is 64.1 Å². The summed E-state index contributed by atoms with van der Waals surface area (Å²) in [5, 5.41) is 51.8. The number of carbonyl (C=O) groups is 5. The first kappa shape index (κ1) is 59.2. The summed E-state index contributed by atoms with van der Waals surface area (Å²) < 4.78 is 48.8. The number of Topliss-reactive ketones (excluding diaryl/α,β-unsaturated/α-hetero) is 1. The summed E-state index contributed by atoms with van der Waals surface area (Å²) in [5.41, 5.74) is -1.70. The van der Waals surface area contributed by atoms with Crippen molar-refractivity contribution in [2.45, 2.75) is 123 Å². The van der Waals surface area contributed by atoms with Crippen molar-refractivity contribution in [1.82, 2.24) is 14.8 Å². The number of likely N-dealkylation sites (tertiary alicyclic amines) is 1. The number of nitrogens with one attached hydrogen (secondary N) is 1. The van der Waals surface area contributed by atoms with Gasteiger partial charge in [0, 0.05) is 99.8 Å². The van der Waals surface area contributed by atoms with E-state index in [-0.39, 0.29) is 75.2 Å². The molecule has 7 aliphatic rings. The average Bonchev–Trinajstić information content (AvgIpc) is 4.36. The number of carboxylic acids is 1. The summed E-state index contributed by atoms with van der Waals surface area (Å²) in [6, 6.07) is 0.958. The van der Waals surface area contributed by atoms with E-state index in [1.165, 1.54) is 60.4 Å². The molecule has 1 amide bonds. The average molecular weight is 1140 g/mol. The zero-order chi connectivity index (χ0) is 59.4. The fourth-order valence-corrected chi connectivity index (χ4v) is 12.5. The number of nitrogens with zero attached hydrogens (tertiary/aromatic N) is 4. The summed E-state index contributed by atoms with van der Waals surface area (Å²) in [5.74, 6) is -10.0. The molecule has 0 unspecified atom stereocenters. The monoisotopic (exact) mass is 1140 g/mol. The van der Waals surface area contributed by atoms with Crippen molar-refractivity contribution in [1.29, 1.82) is 0 Å². The van der Waals surface area contributed by atoms with Crippen molar-refractivity contribution in [3.05, 3.63) is 104 Å². The SMILES string of the molecule is COc1c(N2C[C@@H]3CCCN(CCON=C4c5c6c(C)c(O)c7c5C(=O)C=C(NC(=O)C(C)=CC=C[C@H](C)[C@H](O)[C@@H](C)[C@@H](O)[C@@H](C)[C@H](OC(C)=O)[C@H](C)[C@@H](OC)C=CO[C@@]4(C)O6)C7=O)[C@@H]3C2)c(F)cc2c(=O)c(C(=O)O)cn(C3CC3)c12. The number of amides is 1. The van der Waals surface area contributed by atoms with Gasteiger partial charge in [0.25, 0.3) is 11.7 Å². The van der Waals surface area contributed by atoms with Gasteiger partial charge >= 0.3 is 11.9 Å². The maximum Gasteiger partial charge on any atom is 0.341 e. The summed E-state index contributed by atoms with van der Waals surface area (Å²) in [6.45, 7) is 14.4. The summed E-state index contributed by atoms with van der Waals surface area (Å²) in [4.78, 5) is 90.9. The van der Waals surface area contributed by atoms with Crippen molar-refractivity contribution < 1.29 is 77.3 Å². The number of phenols is 1. The van der Waals surface area contributed by atoms with Gasteiger partial charge in [0.1, 0.15) is 35.5 Å². The standard InChI is InChI=1S/C60H72FN5O16/c1-28-13-11-14-29(2)58(74)62-40-24-42(68)44-45(53(40)73)51(71)33(6)55-46(44)57(60(8,82-55)79-21-18-43(77-9)30(3)54(81-34(7)67)32(5)50(70)31(4)49(28)69)63-80-22-20-64-19-12-15-35-25-65(27-41(35)64)48-39(61)23-37-47(56(48)78-10)66(36-16-17-36)26-38(52(37)72)59(75)76/h11,13-14,18,21,23-24,26,28,30-32,35-36,41,43,49-50,54,69-71H,12,15-17,19-20,22,25,27H2,1-10H3,(H,62,74)(H,75,76)/t28-,30+,31+,32+,35-,41+,43-,49-,50+,54+,60-/m0/s1. The Kier molecular flexibility index (Phi) is 16.9. The topological polar surface area (TPSA) is 275 Å². The molecule has 0 spiro atoms. The third kappa shape index (κ3) is 10.9. The first-order valence-corrected chi connectivity index (χ1v) is 27.8. The maximum atomic E-state index is 16.5. The first-order valence-electron chi connectivity index (χ1n) is 27.8. The van der Waals surface area contributed by atoms with Crippen LogP contribution in [0.15, 0.2) is 70.1 Å². The number of aromatic carboxylic acids is 1. The van der Waals surface area contributed by atoms with Crippen LogP contribution in [0.1, 0.15) is 122 Å². The molecule has 2 aliphatic carbocycles. The zero-order valence-electron chi connectivity index (χ0n) is 47.7. The number of methoxy groups -OCH3 is 2. The van der Waals surface area contributed by atoms with E-state index in [0.717, 1.165) is 37.8 Å². The highest BCUT2D eigenvalue weighted by Crippen LogP contribution is 2.49. The molecule has 10 rings (SSSR count). The van der Waals surface area contributed by atoms with E-state index < -0.39 is 117 Å². The third-order valence-corrected chi connectivity index (χ3v) is 17.2. The van der Waals surface area contributed by atoms with E-state index in [1.54, 1.807) is 50.5 Å². The minimum absolute atomic E-state index is 0.00112. The molecule has 1 aromatic heterocycles. The van der Waals surface area contributed by atoms with Gasteiger partial charge in [-0.2, -0.15) is 0 Å². The van der Waals surface area contributed by atoms with Gasteiger partial charge in [0.15, 0.2) is 23.1 Å². The van der Waals surface area contributed by atoms with Crippen LogP contribution >= 0.6 is 0 Å². The number of oxime groups is 1. The molecule has 22 heteroatoms. The number of halogens is 1. The number of rotatable bonds is 10. The minimum atomic E-state index is -1.93. The second kappa shape index (κ2) is 23.5. The number of aromatic hydroxyl groups is 1. The van der Waals surface area contributed by atoms with Crippen LogP contribution in [0.3, 0.4) is 0 Å². The number of ketones is 2. The Bertz CT molecular complexity index is 3330. The molecule has 3 fully saturated rings. The Balaban J connectivity index is 1.04. The predicted octanol–water partition coefficient (Wildman–Crippen LogP) is 6.26. The van der Waals surface area contributed by atoms with E-state index in [0.29, 0.717) is 31.7 Å². The highest BCUT2D eigenvalue weighted by Gasteiger charge is 2.51. The number of hydrogen-bond donors (Lipinski definition) is 5. The normalized spacial score (nSPS) is 29.5. The molecule has 5 aliphatic heterocycles. The van der Waals surface area contributed by atoms with E-state index >= 15 is 4.39 Å². The van der Waals surface area contributed by atoms with Gasteiger partial charge in [-0.25, -0.2) is 9.18 Å². The Hall–Kier alpha value is -7.40. The highest BCUT2D eigenvalue weighted by atomic mass is 19.1. The molecule has 5 bridgehead atoms. The molecule has 21 nitrogen and oxygen atoms in total. The van der Waals surface area contributed by atoms with Crippen LogP contribution in [-0.4, -0.2) is 148 Å². The number of pyridine rings is 1. The third-order valence-electron chi connectivity index (χ3n) is 17.2. The number of allylic oxidation sites excluding steroid dienone is 4. The lowest BCUT2D eigenvalue weighted by Gasteiger charge is -2.38. The van der Waals surface area contributed by atoms with Crippen molar-refractivity contribution >= 4 is 51.7 Å². The number of hydrogen-bond acceptors (Lipinski definition) is 18. The molecular formula is C60H72FN5O16. The van der Waals surface area contributed by atoms with E-state index in [2.05, 4.69) is 15.4 Å². The molecule has 6 heterocycles. The molecule has 3 aromatic rings. The molecule has 2 aromatic carbocycles. The van der Waals surface area contributed by atoms with Gasteiger partial charge in [-0.3, -0.25) is 28.9 Å². The minimum Gasteiger partial charge on any atom is -0.507 e. The number of aliphatic hydroxyl groups excluding tert-OH is 2. The van der Waals surface area contributed by atoms with Crippen LogP contribution < -0.4 is 25.1 Å². The Labute approximate surface area is 473 Å². The zero-order valence-corrected chi connectivity index (χ0v) is 47.7. The Morgan fingerprint density at radius 3 is 2.37 bits per heavy atom. The number of carbonyl (C=O) groups excluding carboxylic acids is 4. The van der Waals surface area contributed by atoms with E-state index in [1.807, 2.05) is 4.90 Å². The van der Waals surface area contributed by atoms with Crippen molar-refractivity contribution in [2.75, 3.05) is 51.9 Å². The molecule has 1 saturated carbocycles. The second-order valence-electron chi connectivity index (χ2n) is 22.7. The van der Waals surface area contributed by atoms with E-state index in [4.69, 9.17) is 28.5 Å². The molecule has 5 N–H and O–H groups in total. The molecule has 11 atom stereocenters. The molecular weight excluding hydrogens is 1070 g/mol. The predicted molar refractivity (Wildman–Crippen MR) is 298 cm³/mol. The van der Waals surface area contributed by atoms with Crippen LogP contribution in [-0.2, 0) is 28.6 Å². The van der Waals surface area contributed by atoms with Gasteiger partial charge in [0.2, 0.25) is 11.2 Å². The fourth-order valence-electron chi connectivity index (χ4n) is 12.5. The number of carboxylic acid groups (broad SMARTS) is 1. The number of fused-ring (bicyclic) bond motifs is 16. The molecule has 2 saturated heterocycles. The lowest BCUT2D eigenvalue weighted by atomic mass is 9.78. The second-order valence-corrected chi connectivity index (χ2v) is 22.7. The highest BCUT2D eigenvalue weighted by molar-refractivity contribution is 6.31. The number of ether oxygens (including phenoxy) is 5. The van der Waals surface area contributed by atoms with Crippen molar-refractivity contribution in [2.24, 2.45) is 34.7 Å². The number of anilines is 1. The van der Waals surface area contributed by atoms with Crippen LogP contribution in [0.5, 0.6) is 17.2 Å². The number of aliphatic hydroxyl groups is 2. The largest absolute Gasteiger partial charge is 0.507 e. The van der Waals surface area contributed by atoms with Crippen molar-refractivity contribution in [3.63, 3.8) is 0 Å². The lowest BCUT2D eigenvalue weighted by Crippen LogP contribution is -2.46. The number of esters is 1. The number of phenolic OH excluding ortho intramolecular Hbond substituents is 1. The Morgan fingerprint density at radius 1 is 0.963 bits per heavy atom. The van der Waals surface area contributed by atoms with Gasteiger partial charge in [0.05, 0.1) is 65.0 Å². The molecule has 82 heavy (non-hydrogen) atoms. The smallest absolute Gasteiger partial charge is 0.341 e. The van der Waals surface area contributed by atoms with Crippen LogP contribution in [0.2, 0.25) is 0 Å². The van der Waals surface area contributed by atoms with Gasteiger partial charge in [-0.1, -0.05) is 51.1 Å². The number of benzene rings is 2.